The van der Waals surface area contributed by atoms with E-state index in [0.29, 0.717) is 6.04 Å². The van der Waals surface area contributed by atoms with Gasteiger partial charge in [-0.15, -0.1) is 0 Å². The molecule has 1 aliphatic rings. The van der Waals surface area contributed by atoms with Crippen molar-refractivity contribution in [3.63, 3.8) is 0 Å². The lowest BCUT2D eigenvalue weighted by Gasteiger charge is -2.24. The standard InChI is InChI=1S/C11H19N3O/c1-8-9(2)14(11(15)13(8)3)10-4-6-12-7-5-10/h10,12H,4-7H2,1-3H3. The summed E-state index contributed by atoms with van der Waals surface area (Å²) in [5.41, 5.74) is 2.34. The van der Waals surface area contributed by atoms with Crippen LogP contribution in [-0.2, 0) is 7.05 Å². The number of hydrogen-bond donors (Lipinski definition) is 1. The Labute approximate surface area is 89.9 Å². The Morgan fingerprint density at radius 1 is 1.20 bits per heavy atom. The van der Waals surface area contributed by atoms with Gasteiger partial charge in [0.05, 0.1) is 0 Å². The minimum atomic E-state index is 0.136. The van der Waals surface area contributed by atoms with Gasteiger partial charge in [0.2, 0.25) is 0 Å². The number of rotatable bonds is 1. The summed E-state index contributed by atoms with van der Waals surface area (Å²) in [6, 6.07) is 0.388. The monoisotopic (exact) mass is 209 g/mol. The molecule has 2 rings (SSSR count). The van der Waals surface area contributed by atoms with Gasteiger partial charge in [-0.2, -0.15) is 0 Å². The second kappa shape index (κ2) is 3.85. The summed E-state index contributed by atoms with van der Waals surface area (Å²) in [6.07, 6.45) is 2.12. The Morgan fingerprint density at radius 3 is 2.27 bits per heavy atom. The number of hydrogen-bond acceptors (Lipinski definition) is 2. The van der Waals surface area contributed by atoms with E-state index in [0.717, 1.165) is 37.3 Å². The highest BCUT2D eigenvalue weighted by Crippen LogP contribution is 2.19. The molecule has 1 fully saturated rings. The SMILES string of the molecule is Cc1c(C)n(C2CCNCC2)c(=O)n1C. The van der Waals surface area contributed by atoms with E-state index in [1.165, 1.54) is 0 Å². The Balaban J connectivity index is 2.43. The van der Waals surface area contributed by atoms with E-state index in [1.807, 2.05) is 25.5 Å². The van der Waals surface area contributed by atoms with Crippen molar-refractivity contribution < 1.29 is 0 Å². The zero-order chi connectivity index (χ0) is 11.0. The van der Waals surface area contributed by atoms with Crippen LogP contribution in [0.4, 0.5) is 0 Å². The minimum absolute atomic E-state index is 0.136. The van der Waals surface area contributed by atoms with Crippen LogP contribution in [0.3, 0.4) is 0 Å². The van der Waals surface area contributed by atoms with Gasteiger partial charge in [-0.1, -0.05) is 0 Å². The Morgan fingerprint density at radius 2 is 1.80 bits per heavy atom. The molecule has 0 atom stereocenters. The molecule has 1 aliphatic heterocycles. The molecule has 0 radical (unpaired) electrons. The molecular weight excluding hydrogens is 190 g/mol. The third-order valence-corrected chi connectivity index (χ3v) is 3.55. The van der Waals surface area contributed by atoms with E-state index < -0.39 is 0 Å². The highest BCUT2D eigenvalue weighted by Gasteiger charge is 2.20. The van der Waals surface area contributed by atoms with Crippen molar-refractivity contribution in [1.29, 1.82) is 0 Å². The normalized spacial score (nSPS) is 18.3. The molecule has 0 unspecified atom stereocenters. The summed E-state index contributed by atoms with van der Waals surface area (Å²) in [5, 5.41) is 3.32. The summed E-state index contributed by atoms with van der Waals surface area (Å²) in [5.74, 6) is 0. The van der Waals surface area contributed by atoms with Crippen molar-refractivity contribution in [1.82, 2.24) is 14.5 Å². The van der Waals surface area contributed by atoms with Crippen molar-refractivity contribution in [2.24, 2.45) is 7.05 Å². The number of nitrogens with zero attached hydrogens (tertiary/aromatic N) is 2. The molecule has 0 bridgehead atoms. The average Bonchev–Trinajstić information content (AvgIpc) is 2.45. The highest BCUT2D eigenvalue weighted by atomic mass is 16.1. The van der Waals surface area contributed by atoms with Crippen molar-refractivity contribution in [3.05, 3.63) is 21.9 Å². The first-order valence-corrected chi connectivity index (χ1v) is 5.58. The third-order valence-electron chi connectivity index (χ3n) is 3.55. The van der Waals surface area contributed by atoms with Gasteiger partial charge in [-0.25, -0.2) is 4.79 Å². The lowest BCUT2D eigenvalue weighted by Crippen LogP contribution is -2.35. The van der Waals surface area contributed by atoms with Gasteiger partial charge < -0.3 is 5.32 Å². The summed E-state index contributed by atoms with van der Waals surface area (Å²) in [4.78, 5) is 12.0. The van der Waals surface area contributed by atoms with Crippen molar-refractivity contribution in [3.8, 4) is 0 Å². The third kappa shape index (κ3) is 1.63. The number of aromatic nitrogens is 2. The fourth-order valence-electron chi connectivity index (χ4n) is 2.36. The van der Waals surface area contributed by atoms with Crippen LogP contribution in [0.1, 0.15) is 30.3 Å². The number of imidazole rings is 1. The first-order valence-electron chi connectivity index (χ1n) is 5.58. The van der Waals surface area contributed by atoms with Crippen LogP contribution in [0, 0.1) is 13.8 Å². The van der Waals surface area contributed by atoms with E-state index in [2.05, 4.69) is 5.32 Å². The summed E-state index contributed by atoms with van der Waals surface area (Å²) < 4.78 is 3.72. The minimum Gasteiger partial charge on any atom is -0.317 e. The molecule has 4 heteroatoms. The molecule has 0 amide bonds. The molecule has 0 aliphatic carbocycles. The molecule has 2 heterocycles. The molecule has 0 saturated carbocycles. The lowest BCUT2D eigenvalue weighted by atomic mass is 10.1. The van der Waals surface area contributed by atoms with Gasteiger partial charge in [0.1, 0.15) is 0 Å². The Hall–Kier alpha value is -1.03. The highest BCUT2D eigenvalue weighted by molar-refractivity contribution is 5.12. The van der Waals surface area contributed by atoms with Crippen molar-refractivity contribution in [2.75, 3.05) is 13.1 Å². The second-order valence-corrected chi connectivity index (χ2v) is 4.36. The topological polar surface area (TPSA) is 39.0 Å². The van der Waals surface area contributed by atoms with Gasteiger partial charge in [0, 0.05) is 24.5 Å². The van der Waals surface area contributed by atoms with Gasteiger partial charge in [0.25, 0.3) is 0 Å². The summed E-state index contributed by atoms with van der Waals surface area (Å²) in [6.45, 7) is 6.09. The smallest absolute Gasteiger partial charge is 0.317 e. The molecule has 1 N–H and O–H groups in total. The maximum absolute atomic E-state index is 12.0. The molecular formula is C11H19N3O. The van der Waals surface area contributed by atoms with Gasteiger partial charge in [0.15, 0.2) is 0 Å². The first kappa shape index (κ1) is 10.5. The molecule has 4 nitrogen and oxygen atoms in total. The van der Waals surface area contributed by atoms with E-state index in [9.17, 15) is 4.79 Å². The predicted octanol–water partition coefficient (Wildman–Crippen LogP) is 0.728. The zero-order valence-electron chi connectivity index (χ0n) is 9.71. The van der Waals surface area contributed by atoms with Crippen molar-refractivity contribution in [2.45, 2.75) is 32.7 Å². The average molecular weight is 209 g/mol. The van der Waals surface area contributed by atoms with Gasteiger partial charge in [-0.3, -0.25) is 9.13 Å². The Bertz CT molecular complexity index is 410. The molecule has 1 saturated heterocycles. The second-order valence-electron chi connectivity index (χ2n) is 4.36. The molecule has 0 aromatic carbocycles. The van der Waals surface area contributed by atoms with Crippen LogP contribution in [-0.4, -0.2) is 22.2 Å². The van der Waals surface area contributed by atoms with Crippen LogP contribution in [0.2, 0.25) is 0 Å². The zero-order valence-corrected chi connectivity index (χ0v) is 9.71. The van der Waals surface area contributed by atoms with Crippen LogP contribution < -0.4 is 11.0 Å². The van der Waals surface area contributed by atoms with Crippen LogP contribution in [0.5, 0.6) is 0 Å². The van der Waals surface area contributed by atoms with Crippen LogP contribution >= 0.6 is 0 Å². The van der Waals surface area contributed by atoms with E-state index in [1.54, 1.807) is 4.57 Å². The van der Waals surface area contributed by atoms with Gasteiger partial charge >= 0.3 is 5.69 Å². The molecule has 1 aromatic rings. The van der Waals surface area contributed by atoms with E-state index in [-0.39, 0.29) is 5.69 Å². The molecule has 1 aromatic heterocycles. The van der Waals surface area contributed by atoms with E-state index in [4.69, 9.17) is 0 Å². The lowest BCUT2D eigenvalue weighted by molar-refractivity contribution is 0.355. The summed E-state index contributed by atoms with van der Waals surface area (Å²) >= 11 is 0. The largest absolute Gasteiger partial charge is 0.328 e. The van der Waals surface area contributed by atoms with Crippen molar-refractivity contribution >= 4 is 0 Å². The number of nitrogens with one attached hydrogen (secondary N) is 1. The first-order chi connectivity index (χ1) is 7.13. The maximum Gasteiger partial charge on any atom is 0.328 e. The maximum atomic E-state index is 12.0. The Kier molecular flexibility index (Phi) is 2.69. The van der Waals surface area contributed by atoms with Crippen LogP contribution in [0.25, 0.3) is 0 Å². The predicted molar refractivity (Wildman–Crippen MR) is 60.3 cm³/mol. The van der Waals surface area contributed by atoms with Crippen LogP contribution in [0.15, 0.2) is 4.79 Å². The molecule has 0 spiro atoms. The summed E-state index contributed by atoms with van der Waals surface area (Å²) in [7, 11) is 1.85. The fraction of sp³-hybridized carbons (Fsp3) is 0.727. The number of piperidine rings is 1. The van der Waals surface area contributed by atoms with Gasteiger partial charge in [-0.05, 0) is 39.8 Å². The quantitative estimate of drug-likeness (QED) is 0.740. The molecule has 15 heavy (non-hydrogen) atoms. The fourth-order valence-corrected chi connectivity index (χ4v) is 2.36. The molecule has 84 valence electrons. The van der Waals surface area contributed by atoms with E-state index >= 15 is 0 Å².